The summed E-state index contributed by atoms with van der Waals surface area (Å²) in [5, 5.41) is 0. The normalized spacial score (nSPS) is 10.0. The zero-order chi connectivity index (χ0) is 12.5. The SMILES string of the molecule is CCOC(=O)c1cccnc1OCCCOC. The maximum atomic E-state index is 11.6. The summed E-state index contributed by atoms with van der Waals surface area (Å²) in [7, 11) is 1.63. The summed E-state index contributed by atoms with van der Waals surface area (Å²) in [4.78, 5) is 15.6. The first kappa shape index (κ1) is 13.4. The molecule has 0 atom stereocenters. The third-order valence-electron chi connectivity index (χ3n) is 2.00. The topological polar surface area (TPSA) is 57.7 Å². The fraction of sp³-hybridized carbons (Fsp3) is 0.500. The molecule has 0 aromatic carbocycles. The van der Waals surface area contributed by atoms with Gasteiger partial charge in [0.15, 0.2) is 0 Å². The molecule has 1 heterocycles. The van der Waals surface area contributed by atoms with Gasteiger partial charge in [0.2, 0.25) is 5.88 Å². The molecular formula is C12H17NO4. The van der Waals surface area contributed by atoms with Gasteiger partial charge in [-0.25, -0.2) is 9.78 Å². The van der Waals surface area contributed by atoms with Gasteiger partial charge in [-0.2, -0.15) is 0 Å². The van der Waals surface area contributed by atoms with Crippen LogP contribution in [-0.4, -0.2) is 37.9 Å². The Kier molecular flexibility index (Phi) is 6.03. The van der Waals surface area contributed by atoms with Gasteiger partial charge in [-0.15, -0.1) is 0 Å². The summed E-state index contributed by atoms with van der Waals surface area (Å²) in [6, 6.07) is 3.31. The number of hydrogen-bond donors (Lipinski definition) is 0. The molecule has 0 unspecified atom stereocenters. The van der Waals surface area contributed by atoms with Crippen LogP contribution in [0.1, 0.15) is 23.7 Å². The van der Waals surface area contributed by atoms with Crippen molar-refractivity contribution < 1.29 is 19.0 Å². The minimum absolute atomic E-state index is 0.307. The van der Waals surface area contributed by atoms with Crippen LogP contribution in [0.2, 0.25) is 0 Å². The number of hydrogen-bond acceptors (Lipinski definition) is 5. The van der Waals surface area contributed by atoms with Crippen molar-refractivity contribution in [1.82, 2.24) is 4.98 Å². The molecule has 1 aromatic heterocycles. The van der Waals surface area contributed by atoms with Gasteiger partial charge >= 0.3 is 5.97 Å². The van der Waals surface area contributed by atoms with E-state index in [9.17, 15) is 4.79 Å². The number of nitrogens with zero attached hydrogens (tertiary/aromatic N) is 1. The fourth-order valence-electron chi connectivity index (χ4n) is 1.24. The zero-order valence-corrected chi connectivity index (χ0v) is 10.1. The van der Waals surface area contributed by atoms with E-state index in [1.807, 2.05) is 0 Å². The van der Waals surface area contributed by atoms with E-state index in [0.29, 0.717) is 31.3 Å². The number of pyridine rings is 1. The Balaban J connectivity index is 2.61. The molecule has 0 aliphatic carbocycles. The summed E-state index contributed by atoms with van der Waals surface area (Å²) in [5.74, 6) is -0.107. The quantitative estimate of drug-likeness (QED) is 0.535. The number of rotatable bonds is 7. The number of esters is 1. The van der Waals surface area contributed by atoms with Crippen LogP contribution in [0.3, 0.4) is 0 Å². The molecule has 0 fully saturated rings. The van der Waals surface area contributed by atoms with Crippen molar-refractivity contribution in [3.63, 3.8) is 0 Å². The number of carbonyl (C=O) groups excluding carboxylic acids is 1. The second-order valence-electron chi connectivity index (χ2n) is 3.27. The average molecular weight is 239 g/mol. The van der Waals surface area contributed by atoms with Crippen LogP contribution in [-0.2, 0) is 9.47 Å². The van der Waals surface area contributed by atoms with E-state index in [0.717, 1.165) is 6.42 Å². The van der Waals surface area contributed by atoms with Gasteiger partial charge in [0.25, 0.3) is 0 Å². The molecular weight excluding hydrogens is 222 g/mol. The monoisotopic (exact) mass is 239 g/mol. The van der Waals surface area contributed by atoms with Gasteiger partial charge < -0.3 is 14.2 Å². The maximum absolute atomic E-state index is 11.6. The third-order valence-corrected chi connectivity index (χ3v) is 2.00. The predicted molar refractivity (Wildman–Crippen MR) is 62.2 cm³/mol. The largest absolute Gasteiger partial charge is 0.477 e. The van der Waals surface area contributed by atoms with Crippen LogP contribution in [0.4, 0.5) is 0 Å². The first-order valence-electron chi connectivity index (χ1n) is 5.53. The third kappa shape index (κ3) is 4.40. The average Bonchev–Trinajstić information content (AvgIpc) is 2.35. The van der Waals surface area contributed by atoms with Crippen LogP contribution >= 0.6 is 0 Å². The van der Waals surface area contributed by atoms with E-state index in [-0.39, 0.29) is 0 Å². The highest BCUT2D eigenvalue weighted by Gasteiger charge is 2.14. The molecule has 0 saturated carbocycles. The van der Waals surface area contributed by atoms with Gasteiger partial charge in [-0.05, 0) is 19.1 Å². The van der Waals surface area contributed by atoms with Crippen molar-refractivity contribution in [2.45, 2.75) is 13.3 Å². The van der Waals surface area contributed by atoms with Crippen LogP contribution in [0.15, 0.2) is 18.3 Å². The van der Waals surface area contributed by atoms with Crippen molar-refractivity contribution in [3.8, 4) is 5.88 Å². The Morgan fingerprint density at radius 1 is 1.41 bits per heavy atom. The van der Waals surface area contributed by atoms with Gasteiger partial charge in [-0.3, -0.25) is 0 Å². The maximum Gasteiger partial charge on any atom is 0.343 e. The Morgan fingerprint density at radius 2 is 2.24 bits per heavy atom. The molecule has 0 radical (unpaired) electrons. The Hall–Kier alpha value is -1.62. The molecule has 1 rings (SSSR count). The summed E-state index contributed by atoms with van der Waals surface area (Å²) in [5.41, 5.74) is 0.353. The number of carbonyl (C=O) groups is 1. The molecule has 5 nitrogen and oxygen atoms in total. The standard InChI is InChI=1S/C12H17NO4/c1-3-16-12(14)10-6-4-7-13-11(10)17-9-5-8-15-2/h4,6-7H,3,5,8-9H2,1-2H3. The molecule has 0 bridgehead atoms. The highest BCUT2D eigenvalue weighted by atomic mass is 16.5. The van der Waals surface area contributed by atoms with Gasteiger partial charge in [0.05, 0.1) is 13.2 Å². The van der Waals surface area contributed by atoms with E-state index in [1.54, 1.807) is 32.4 Å². The Bertz CT molecular complexity index is 354. The van der Waals surface area contributed by atoms with Crippen LogP contribution in [0, 0.1) is 0 Å². The van der Waals surface area contributed by atoms with Gasteiger partial charge in [-0.1, -0.05) is 0 Å². The van der Waals surface area contributed by atoms with Crippen molar-refractivity contribution >= 4 is 5.97 Å². The predicted octanol–water partition coefficient (Wildman–Crippen LogP) is 1.67. The van der Waals surface area contributed by atoms with Crippen LogP contribution in [0.25, 0.3) is 0 Å². The summed E-state index contributed by atoms with van der Waals surface area (Å²) in [6.07, 6.45) is 2.32. The molecule has 1 aromatic rings. The molecule has 0 N–H and O–H groups in total. The minimum Gasteiger partial charge on any atom is -0.477 e. The highest BCUT2D eigenvalue weighted by molar-refractivity contribution is 5.91. The molecule has 0 aliphatic heterocycles. The van der Waals surface area contributed by atoms with Crippen molar-refractivity contribution in [2.24, 2.45) is 0 Å². The van der Waals surface area contributed by atoms with Crippen molar-refractivity contribution in [3.05, 3.63) is 23.9 Å². The lowest BCUT2D eigenvalue weighted by molar-refractivity contribution is 0.0520. The lowest BCUT2D eigenvalue weighted by atomic mass is 10.3. The summed E-state index contributed by atoms with van der Waals surface area (Å²) < 4.78 is 15.2. The van der Waals surface area contributed by atoms with Crippen molar-refractivity contribution in [2.75, 3.05) is 26.9 Å². The highest BCUT2D eigenvalue weighted by Crippen LogP contribution is 2.15. The van der Waals surface area contributed by atoms with Crippen LogP contribution < -0.4 is 4.74 Å². The number of aromatic nitrogens is 1. The van der Waals surface area contributed by atoms with E-state index in [4.69, 9.17) is 14.2 Å². The molecule has 0 saturated heterocycles. The Labute approximate surface area is 101 Å². The lowest BCUT2D eigenvalue weighted by Gasteiger charge is -2.08. The Morgan fingerprint density at radius 3 is 2.94 bits per heavy atom. The number of ether oxygens (including phenoxy) is 3. The summed E-state index contributed by atoms with van der Waals surface area (Å²) >= 11 is 0. The van der Waals surface area contributed by atoms with E-state index >= 15 is 0 Å². The number of methoxy groups -OCH3 is 1. The second kappa shape index (κ2) is 7.62. The smallest absolute Gasteiger partial charge is 0.343 e. The molecule has 5 heteroatoms. The van der Waals surface area contributed by atoms with E-state index < -0.39 is 5.97 Å². The first-order chi connectivity index (χ1) is 8.29. The van der Waals surface area contributed by atoms with Gasteiger partial charge in [0, 0.05) is 26.3 Å². The fourth-order valence-corrected chi connectivity index (χ4v) is 1.24. The second-order valence-corrected chi connectivity index (χ2v) is 3.27. The molecule has 0 amide bonds. The zero-order valence-electron chi connectivity index (χ0n) is 10.1. The molecule has 94 valence electrons. The molecule has 17 heavy (non-hydrogen) atoms. The summed E-state index contributed by atoms with van der Waals surface area (Å²) in [6.45, 7) is 3.16. The first-order valence-corrected chi connectivity index (χ1v) is 5.53. The van der Waals surface area contributed by atoms with Crippen LogP contribution in [0.5, 0.6) is 5.88 Å². The van der Waals surface area contributed by atoms with Gasteiger partial charge in [0.1, 0.15) is 5.56 Å². The molecule has 0 aliphatic rings. The van der Waals surface area contributed by atoms with E-state index in [2.05, 4.69) is 4.98 Å². The van der Waals surface area contributed by atoms with Crippen molar-refractivity contribution in [1.29, 1.82) is 0 Å². The minimum atomic E-state index is -0.414. The van der Waals surface area contributed by atoms with E-state index in [1.165, 1.54) is 0 Å². The lowest BCUT2D eigenvalue weighted by Crippen LogP contribution is -2.10. The molecule has 0 spiro atoms.